The summed E-state index contributed by atoms with van der Waals surface area (Å²) >= 11 is 0. The lowest BCUT2D eigenvalue weighted by molar-refractivity contribution is -0.274. The first-order valence-corrected chi connectivity index (χ1v) is 16.5. The Kier molecular flexibility index (Phi) is 7.93. The molecule has 5 atom stereocenters. The van der Waals surface area contributed by atoms with E-state index >= 15 is 0 Å². The molecule has 3 unspecified atom stereocenters. The molecule has 5 N–H and O–H groups in total. The topological polar surface area (TPSA) is 135 Å². The summed E-state index contributed by atoms with van der Waals surface area (Å²) in [7, 11) is -2.39. The van der Waals surface area contributed by atoms with E-state index in [0.717, 1.165) is 32.1 Å². The standard InChI is InChI=1S/C29H37F3N6O3S/c30-29(31,32)41-24-4-2-1-3-19(24)15-34-27-35-16-22(14-33)26(38-27)36-17-28-11-18-9-20(12-28)25(21(10-18)13-28)37-23-5-7-42(39,40)8-6-23/h1-4,16,18,20-21,23,25,37,39-40H,5-13,15,17H2,(H2,34,35,36,38)/t18?,20-,21+,25?,28?. The Hall–Kier alpha value is -2.79. The Morgan fingerprint density at radius 2 is 1.79 bits per heavy atom. The number of hydrogen-bond donors (Lipinski definition) is 5. The van der Waals surface area contributed by atoms with E-state index in [1.54, 1.807) is 6.07 Å². The van der Waals surface area contributed by atoms with Crippen LogP contribution in [0.25, 0.3) is 0 Å². The van der Waals surface area contributed by atoms with Crippen LogP contribution in [0.5, 0.6) is 5.75 Å². The monoisotopic (exact) mass is 606 g/mol. The average molecular weight is 607 g/mol. The van der Waals surface area contributed by atoms with Crippen LogP contribution in [0.4, 0.5) is 24.9 Å². The second kappa shape index (κ2) is 11.4. The van der Waals surface area contributed by atoms with Gasteiger partial charge >= 0.3 is 6.36 Å². The third kappa shape index (κ3) is 6.56. The summed E-state index contributed by atoms with van der Waals surface area (Å²) in [5, 5.41) is 20.0. The molecule has 4 bridgehead atoms. The minimum Gasteiger partial charge on any atom is -0.405 e. The number of nitriles is 1. The first-order valence-electron chi connectivity index (χ1n) is 14.6. The SMILES string of the molecule is N#Cc1cnc(NCc2ccccc2OC(F)(F)F)nc1NCC12CC3C[C@H](C1)C(NC1CCS(O)(O)CC1)[C@@H](C3)C2. The lowest BCUT2D eigenvalue weighted by Gasteiger charge is -2.61. The van der Waals surface area contributed by atoms with Crippen LogP contribution in [0, 0.1) is 34.5 Å². The second-order valence-electron chi connectivity index (χ2n) is 12.6. The Morgan fingerprint density at radius 3 is 2.48 bits per heavy atom. The van der Waals surface area contributed by atoms with Crippen LogP contribution in [0.3, 0.4) is 0 Å². The number of aromatic nitrogens is 2. The number of benzene rings is 1. The van der Waals surface area contributed by atoms with Crippen molar-refractivity contribution in [1.29, 1.82) is 5.26 Å². The predicted octanol–water partition coefficient (Wildman–Crippen LogP) is 5.97. The van der Waals surface area contributed by atoms with E-state index in [2.05, 4.69) is 36.7 Å². The van der Waals surface area contributed by atoms with E-state index in [0.29, 0.717) is 64.8 Å². The zero-order valence-corrected chi connectivity index (χ0v) is 24.1. The van der Waals surface area contributed by atoms with Crippen LogP contribution >= 0.6 is 10.6 Å². The van der Waals surface area contributed by atoms with Crippen molar-refractivity contribution < 1.29 is 27.0 Å². The van der Waals surface area contributed by atoms with E-state index in [4.69, 9.17) is 0 Å². The van der Waals surface area contributed by atoms with Gasteiger partial charge < -0.3 is 20.7 Å². The molecule has 2 aromatic rings. The van der Waals surface area contributed by atoms with Gasteiger partial charge in [-0.3, -0.25) is 9.11 Å². The molecule has 0 spiro atoms. The van der Waals surface area contributed by atoms with Gasteiger partial charge in [0, 0.05) is 42.2 Å². The van der Waals surface area contributed by atoms with Crippen LogP contribution in [0.1, 0.15) is 56.1 Å². The zero-order chi connectivity index (χ0) is 29.5. The third-order valence-corrected chi connectivity index (χ3v) is 11.4. The van der Waals surface area contributed by atoms with Gasteiger partial charge in [-0.05, 0) is 74.2 Å². The fourth-order valence-electron chi connectivity index (χ4n) is 8.03. The van der Waals surface area contributed by atoms with Crippen molar-refractivity contribution in [2.24, 2.45) is 23.2 Å². The van der Waals surface area contributed by atoms with Gasteiger partial charge in [-0.15, -0.1) is 13.2 Å². The molecular weight excluding hydrogens is 569 g/mol. The van der Waals surface area contributed by atoms with Gasteiger partial charge in [0.1, 0.15) is 23.2 Å². The molecule has 4 aliphatic carbocycles. The van der Waals surface area contributed by atoms with Crippen LogP contribution in [0.2, 0.25) is 0 Å². The highest BCUT2D eigenvalue weighted by Gasteiger charge is 2.55. The van der Waals surface area contributed by atoms with Crippen molar-refractivity contribution in [3.8, 4) is 11.8 Å². The molecule has 1 aromatic heterocycles. The molecule has 228 valence electrons. The largest absolute Gasteiger partial charge is 0.573 e. The van der Waals surface area contributed by atoms with Gasteiger partial charge in [0.2, 0.25) is 5.95 Å². The molecule has 42 heavy (non-hydrogen) atoms. The van der Waals surface area contributed by atoms with Gasteiger partial charge in [0.25, 0.3) is 0 Å². The molecule has 0 amide bonds. The molecular formula is C29H37F3N6O3S. The lowest BCUT2D eigenvalue weighted by Crippen LogP contribution is -2.61. The van der Waals surface area contributed by atoms with Crippen molar-refractivity contribution in [1.82, 2.24) is 15.3 Å². The molecule has 5 aliphatic rings. The number of nitrogens with zero attached hydrogens (tertiary/aromatic N) is 3. The van der Waals surface area contributed by atoms with Crippen LogP contribution < -0.4 is 20.7 Å². The molecule has 1 aromatic carbocycles. The van der Waals surface area contributed by atoms with Gasteiger partial charge in [-0.1, -0.05) is 18.2 Å². The van der Waals surface area contributed by atoms with E-state index in [1.807, 2.05) is 0 Å². The third-order valence-electron chi connectivity index (χ3n) is 9.59. The summed E-state index contributed by atoms with van der Waals surface area (Å²) in [6.45, 7) is 0.710. The van der Waals surface area contributed by atoms with E-state index in [-0.39, 0.29) is 23.7 Å². The van der Waals surface area contributed by atoms with Crippen molar-refractivity contribution in [2.75, 3.05) is 28.7 Å². The second-order valence-corrected chi connectivity index (χ2v) is 15.0. The van der Waals surface area contributed by atoms with Gasteiger partial charge in [-0.2, -0.15) is 20.8 Å². The van der Waals surface area contributed by atoms with Crippen LogP contribution in [0.15, 0.2) is 30.5 Å². The number of alkyl halides is 3. The average Bonchev–Trinajstić information content (AvgIpc) is 2.93. The summed E-state index contributed by atoms with van der Waals surface area (Å²) in [6.07, 6.45) is 4.06. The van der Waals surface area contributed by atoms with Crippen molar-refractivity contribution in [2.45, 2.75) is 69.9 Å². The zero-order valence-electron chi connectivity index (χ0n) is 23.2. The Labute approximate surface area is 245 Å². The number of halogens is 3. The summed E-state index contributed by atoms with van der Waals surface area (Å²) in [5.41, 5.74) is 0.736. The highest BCUT2D eigenvalue weighted by atomic mass is 32.3. The minimum atomic E-state index is -4.80. The molecule has 13 heteroatoms. The maximum atomic E-state index is 12.8. The molecule has 7 rings (SSSR count). The quantitative estimate of drug-likeness (QED) is 0.234. The number of ether oxygens (including phenoxy) is 1. The van der Waals surface area contributed by atoms with Crippen LogP contribution in [-0.2, 0) is 6.54 Å². The van der Waals surface area contributed by atoms with Crippen molar-refractivity contribution in [3.05, 3.63) is 41.6 Å². The number of hydrogen-bond acceptors (Lipinski definition) is 9. The maximum absolute atomic E-state index is 12.8. The highest BCUT2D eigenvalue weighted by molar-refractivity contribution is 8.24. The fourth-order valence-corrected chi connectivity index (χ4v) is 9.56. The van der Waals surface area contributed by atoms with Crippen molar-refractivity contribution >= 4 is 22.4 Å². The Morgan fingerprint density at radius 1 is 1.07 bits per heavy atom. The lowest BCUT2D eigenvalue weighted by atomic mass is 9.48. The first kappa shape index (κ1) is 29.3. The number of anilines is 2. The molecule has 1 saturated heterocycles. The van der Waals surface area contributed by atoms with E-state index < -0.39 is 17.0 Å². The molecule has 5 fully saturated rings. The summed E-state index contributed by atoms with van der Waals surface area (Å²) in [6, 6.07) is 8.85. The number of para-hydroxylation sites is 1. The van der Waals surface area contributed by atoms with Crippen LogP contribution in [-0.4, -0.2) is 55.6 Å². The first-order chi connectivity index (χ1) is 20.0. The van der Waals surface area contributed by atoms with E-state index in [1.165, 1.54) is 37.2 Å². The Balaban J connectivity index is 1.09. The highest BCUT2D eigenvalue weighted by Crippen LogP contribution is 2.60. The van der Waals surface area contributed by atoms with Gasteiger partial charge in [0.05, 0.1) is 6.20 Å². The number of rotatable bonds is 9. The summed E-state index contributed by atoms with van der Waals surface area (Å²) in [4.78, 5) is 8.71. The van der Waals surface area contributed by atoms with Gasteiger partial charge in [0.15, 0.2) is 0 Å². The molecule has 1 aliphatic heterocycles. The fraction of sp³-hybridized carbons (Fsp3) is 0.621. The van der Waals surface area contributed by atoms with Crippen molar-refractivity contribution in [3.63, 3.8) is 0 Å². The summed E-state index contributed by atoms with van der Waals surface area (Å²) < 4.78 is 62.5. The van der Waals surface area contributed by atoms with E-state index in [9.17, 15) is 27.5 Å². The summed E-state index contributed by atoms with van der Waals surface area (Å²) in [5.74, 6) is 3.17. The Bertz CT molecular complexity index is 1310. The molecule has 2 heterocycles. The molecule has 9 nitrogen and oxygen atoms in total. The molecule has 4 saturated carbocycles. The predicted molar refractivity (Wildman–Crippen MR) is 154 cm³/mol. The maximum Gasteiger partial charge on any atom is 0.573 e. The smallest absolute Gasteiger partial charge is 0.405 e. The normalized spacial score (nSPS) is 30.9. The minimum absolute atomic E-state index is 0.0147. The van der Waals surface area contributed by atoms with Gasteiger partial charge in [-0.25, -0.2) is 4.98 Å². The molecule has 0 radical (unpaired) electrons. The number of nitrogens with one attached hydrogen (secondary N) is 3.